The zero-order chi connectivity index (χ0) is 24.1. The van der Waals surface area contributed by atoms with Crippen molar-refractivity contribution in [1.82, 2.24) is 14.1 Å². The van der Waals surface area contributed by atoms with Crippen LogP contribution in [0.2, 0.25) is 0 Å². The number of furan rings is 1. The predicted octanol–water partition coefficient (Wildman–Crippen LogP) is 3.29. The highest BCUT2D eigenvalue weighted by atomic mass is 32.1. The van der Waals surface area contributed by atoms with Crippen LogP contribution in [0.15, 0.2) is 43.8 Å². The van der Waals surface area contributed by atoms with Crippen molar-refractivity contribution < 1.29 is 26.8 Å². The molecule has 0 unspecified atom stereocenters. The number of hydrogen-bond acceptors (Lipinski definition) is 6. The largest absolute Gasteiger partial charge is 0.447 e. The first kappa shape index (κ1) is 22.5. The Morgan fingerprint density at radius 2 is 1.94 bits per heavy atom. The van der Waals surface area contributed by atoms with E-state index >= 15 is 0 Å². The highest BCUT2D eigenvalue weighted by Crippen LogP contribution is 2.33. The minimum absolute atomic E-state index is 0.0280. The van der Waals surface area contributed by atoms with Crippen molar-refractivity contribution >= 4 is 33.5 Å². The van der Waals surface area contributed by atoms with Gasteiger partial charge in [0.15, 0.2) is 5.13 Å². The fourth-order valence-electron chi connectivity index (χ4n) is 3.24. The highest BCUT2D eigenvalue weighted by Gasteiger charge is 2.31. The fourth-order valence-corrected chi connectivity index (χ4v) is 3.97. The van der Waals surface area contributed by atoms with Crippen molar-refractivity contribution in [2.24, 2.45) is 14.1 Å². The van der Waals surface area contributed by atoms with Crippen LogP contribution in [0.1, 0.15) is 11.1 Å². The van der Waals surface area contributed by atoms with Crippen LogP contribution < -0.4 is 16.6 Å². The molecule has 0 atom stereocenters. The lowest BCUT2D eigenvalue weighted by atomic mass is 10.1. The topological polar surface area (TPSA) is 99.1 Å². The lowest BCUT2D eigenvalue weighted by Crippen LogP contribution is -2.36. The normalized spacial score (nSPS) is 11.8. The number of anilines is 1. The molecule has 33 heavy (non-hydrogen) atoms. The number of fused-ring (bicyclic) bond motifs is 1. The van der Waals surface area contributed by atoms with Crippen LogP contribution in [0.5, 0.6) is 0 Å². The van der Waals surface area contributed by atoms with Crippen molar-refractivity contribution in [3.63, 3.8) is 0 Å². The van der Waals surface area contributed by atoms with Crippen molar-refractivity contribution in [3.8, 4) is 11.3 Å². The number of halogens is 4. The molecule has 4 aromatic rings. The molecule has 0 aliphatic carbocycles. The van der Waals surface area contributed by atoms with Gasteiger partial charge in [0, 0.05) is 30.6 Å². The molecule has 0 aliphatic heterocycles. The Balaban J connectivity index is 1.55. The molecule has 1 amide bonds. The van der Waals surface area contributed by atoms with E-state index in [1.807, 2.05) is 0 Å². The standard InChI is InChI=1S/C20H14F4N4O4S/c1-27-16(30)15-9(7-32-17(15)28(2)19(27)31)5-14(29)26-18-25-13(8-33-18)11-4-3-10(6-12(11)21)20(22,23)24/h3-4,6-8H,5H2,1-2H3,(H,25,26,29). The molecule has 8 nitrogen and oxygen atoms in total. The third kappa shape index (κ3) is 4.06. The maximum absolute atomic E-state index is 14.2. The average molecular weight is 482 g/mol. The second kappa shape index (κ2) is 7.99. The maximum atomic E-state index is 14.2. The lowest BCUT2D eigenvalue weighted by Gasteiger charge is -2.08. The van der Waals surface area contributed by atoms with Crippen molar-refractivity contribution in [3.05, 3.63) is 67.6 Å². The van der Waals surface area contributed by atoms with Gasteiger partial charge in [-0.15, -0.1) is 11.3 Å². The number of nitrogens with one attached hydrogen (secondary N) is 1. The zero-order valence-corrected chi connectivity index (χ0v) is 17.8. The lowest BCUT2D eigenvalue weighted by molar-refractivity contribution is -0.137. The number of nitrogens with zero attached hydrogens (tertiary/aromatic N) is 3. The molecule has 1 N–H and O–H groups in total. The van der Waals surface area contributed by atoms with E-state index in [1.54, 1.807) is 0 Å². The molecule has 0 fully saturated rings. The molecule has 1 aromatic carbocycles. The molecule has 0 spiro atoms. The van der Waals surface area contributed by atoms with Gasteiger partial charge in [0.05, 0.1) is 23.9 Å². The minimum atomic E-state index is -4.68. The summed E-state index contributed by atoms with van der Waals surface area (Å²) in [5, 5.41) is 4.06. The number of rotatable bonds is 4. The number of aryl methyl sites for hydroxylation is 1. The van der Waals surface area contributed by atoms with Crippen LogP contribution >= 0.6 is 11.3 Å². The van der Waals surface area contributed by atoms with E-state index in [0.717, 1.165) is 32.6 Å². The summed E-state index contributed by atoms with van der Waals surface area (Å²) in [6.07, 6.45) is -3.74. The number of carbonyl (C=O) groups is 1. The fraction of sp³-hybridized carbons (Fsp3) is 0.200. The number of benzene rings is 1. The van der Waals surface area contributed by atoms with Gasteiger partial charge < -0.3 is 9.73 Å². The van der Waals surface area contributed by atoms with Gasteiger partial charge in [0.2, 0.25) is 11.6 Å². The van der Waals surface area contributed by atoms with E-state index in [2.05, 4.69) is 10.3 Å². The first-order valence-electron chi connectivity index (χ1n) is 9.26. The third-order valence-corrected chi connectivity index (χ3v) is 5.68. The van der Waals surface area contributed by atoms with Gasteiger partial charge >= 0.3 is 11.9 Å². The summed E-state index contributed by atoms with van der Waals surface area (Å²) >= 11 is 0.951. The van der Waals surface area contributed by atoms with Gasteiger partial charge in [-0.1, -0.05) is 0 Å². The average Bonchev–Trinajstić information content (AvgIpc) is 3.37. The molecular weight excluding hydrogens is 468 g/mol. The third-order valence-electron chi connectivity index (χ3n) is 4.92. The molecule has 0 aliphatic rings. The molecule has 4 rings (SSSR count). The first-order valence-corrected chi connectivity index (χ1v) is 10.1. The van der Waals surface area contributed by atoms with E-state index in [9.17, 15) is 31.9 Å². The van der Waals surface area contributed by atoms with Gasteiger partial charge in [-0.05, 0) is 18.2 Å². The zero-order valence-electron chi connectivity index (χ0n) is 17.0. The molecule has 0 saturated heterocycles. The molecule has 3 aromatic heterocycles. The Morgan fingerprint density at radius 1 is 1.21 bits per heavy atom. The first-order chi connectivity index (χ1) is 15.5. The second-order valence-corrected chi connectivity index (χ2v) is 7.96. The molecule has 0 radical (unpaired) electrons. The number of alkyl halides is 3. The quantitative estimate of drug-likeness (QED) is 0.450. The van der Waals surface area contributed by atoms with E-state index in [4.69, 9.17) is 4.42 Å². The Hall–Kier alpha value is -3.74. The smallest absolute Gasteiger partial charge is 0.416 e. The van der Waals surface area contributed by atoms with Crippen LogP contribution in [-0.2, 0) is 31.5 Å². The Morgan fingerprint density at radius 3 is 2.61 bits per heavy atom. The summed E-state index contributed by atoms with van der Waals surface area (Å²) < 4.78 is 59.7. The molecular formula is C20H14F4N4O4S. The van der Waals surface area contributed by atoms with Gasteiger partial charge in [0.1, 0.15) is 11.2 Å². The Labute approximate surface area is 185 Å². The van der Waals surface area contributed by atoms with E-state index in [-0.39, 0.29) is 39.5 Å². The number of hydrogen-bond donors (Lipinski definition) is 1. The highest BCUT2D eigenvalue weighted by molar-refractivity contribution is 7.14. The van der Waals surface area contributed by atoms with Gasteiger partial charge in [-0.3, -0.25) is 18.7 Å². The van der Waals surface area contributed by atoms with E-state index in [0.29, 0.717) is 6.07 Å². The summed E-state index contributed by atoms with van der Waals surface area (Å²) in [6, 6.07) is 2.09. The van der Waals surface area contributed by atoms with Crippen LogP contribution in [0.4, 0.5) is 22.7 Å². The summed E-state index contributed by atoms with van der Waals surface area (Å²) in [4.78, 5) is 41.0. The van der Waals surface area contributed by atoms with Crippen LogP contribution in [-0.4, -0.2) is 20.0 Å². The summed E-state index contributed by atoms with van der Waals surface area (Å²) in [7, 11) is 2.73. The monoisotopic (exact) mass is 482 g/mol. The predicted molar refractivity (Wildman–Crippen MR) is 112 cm³/mol. The minimum Gasteiger partial charge on any atom is -0.447 e. The Bertz CT molecular complexity index is 1510. The van der Waals surface area contributed by atoms with Crippen LogP contribution in [0.25, 0.3) is 22.4 Å². The molecule has 13 heteroatoms. The van der Waals surface area contributed by atoms with Crippen LogP contribution in [0.3, 0.4) is 0 Å². The summed E-state index contributed by atoms with van der Waals surface area (Å²) in [6.45, 7) is 0. The Kier molecular flexibility index (Phi) is 5.44. The number of thiazole rings is 1. The van der Waals surface area contributed by atoms with E-state index < -0.39 is 34.7 Å². The summed E-state index contributed by atoms with van der Waals surface area (Å²) in [5.74, 6) is -1.67. The molecule has 172 valence electrons. The van der Waals surface area contributed by atoms with Gasteiger partial charge in [-0.25, -0.2) is 14.2 Å². The van der Waals surface area contributed by atoms with E-state index in [1.165, 1.54) is 25.7 Å². The van der Waals surface area contributed by atoms with Crippen molar-refractivity contribution in [2.45, 2.75) is 12.6 Å². The maximum Gasteiger partial charge on any atom is 0.416 e. The number of carbonyl (C=O) groups excluding carboxylic acids is 1. The van der Waals surface area contributed by atoms with Crippen molar-refractivity contribution in [1.29, 1.82) is 0 Å². The SMILES string of the molecule is Cn1c(=O)c2c(CC(=O)Nc3nc(-c4ccc(C(F)(F)F)cc4F)cs3)coc2n(C)c1=O. The van der Waals surface area contributed by atoms with Crippen LogP contribution in [0, 0.1) is 5.82 Å². The van der Waals surface area contributed by atoms with Crippen molar-refractivity contribution in [2.75, 3.05) is 5.32 Å². The molecule has 0 saturated carbocycles. The van der Waals surface area contributed by atoms with Gasteiger partial charge in [0.25, 0.3) is 5.56 Å². The molecule has 0 bridgehead atoms. The summed E-state index contributed by atoms with van der Waals surface area (Å²) in [5.41, 5.74) is -2.13. The second-order valence-electron chi connectivity index (χ2n) is 7.10. The number of amides is 1. The number of aromatic nitrogens is 3. The van der Waals surface area contributed by atoms with Gasteiger partial charge in [-0.2, -0.15) is 13.2 Å². The molecule has 3 heterocycles.